The third-order valence-electron chi connectivity index (χ3n) is 3.07. The van der Waals surface area contributed by atoms with Crippen molar-refractivity contribution in [2.45, 2.75) is 39.2 Å². The standard InChI is InChI=1S/C12H19N3O/c1-8-3-9(2)5-10(4-8)16-12-7-14-11(13)6-15-12/h6-10H,3-5H2,1-2H3,(H2,13,14). The summed E-state index contributed by atoms with van der Waals surface area (Å²) in [6.07, 6.45) is 6.92. The predicted octanol–water partition coefficient (Wildman–Crippen LogP) is 2.26. The van der Waals surface area contributed by atoms with Gasteiger partial charge in [-0.25, -0.2) is 9.97 Å². The lowest BCUT2D eigenvalue weighted by molar-refractivity contribution is 0.0963. The van der Waals surface area contributed by atoms with E-state index in [2.05, 4.69) is 23.8 Å². The molecule has 2 rings (SSSR count). The van der Waals surface area contributed by atoms with Crippen LogP contribution in [0.4, 0.5) is 5.82 Å². The van der Waals surface area contributed by atoms with E-state index in [4.69, 9.17) is 10.5 Å². The lowest BCUT2D eigenvalue weighted by atomic mass is 9.82. The molecule has 1 aromatic heterocycles. The van der Waals surface area contributed by atoms with Crippen LogP contribution in [-0.4, -0.2) is 16.1 Å². The number of nitrogens with zero attached hydrogens (tertiary/aromatic N) is 2. The average Bonchev–Trinajstić information content (AvgIpc) is 2.20. The first kappa shape index (κ1) is 11.2. The molecule has 4 heteroatoms. The molecule has 0 aromatic carbocycles. The zero-order valence-electron chi connectivity index (χ0n) is 9.89. The lowest BCUT2D eigenvalue weighted by Crippen LogP contribution is -2.28. The Morgan fingerprint density at radius 1 is 1.12 bits per heavy atom. The van der Waals surface area contributed by atoms with Crippen molar-refractivity contribution in [2.75, 3.05) is 5.73 Å². The maximum atomic E-state index is 5.82. The van der Waals surface area contributed by atoms with Gasteiger partial charge in [-0.3, -0.25) is 0 Å². The van der Waals surface area contributed by atoms with E-state index in [1.54, 1.807) is 6.20 Å². The van der Waals surface area contributed by atoms with Gasteiger partial charge < -0.3 is 10.5 Å². The van der Waals surface area contributed by atoms with E-state index in [0.717, 1.165) is 24.7 Å². The molecule has 1 aromatic rings. The van der Waals surface area contributed by atoms with E-state index in [1.165, 1.54) is 12.6 Å². The van der Waals surface area contributed by atoms with Crippen molar-refractivity contribution in [3.8, 4) is 5.88 Å². The summed E-state index contributed by atoms with van der Waals surface area (Å²) in [5, 5.41) is 0. The maximum absolute atomic E-state index is 5.82. The number of hydrogen-bond donors (Lipinski definition) is 1. The van der Waals surface area contributed by atoms with Crippen molar-refractivity contribution >= 4 is 5.82 Å². The summed E-state index contributed by atoms with van der Waals surface area (Å²) < 4.78 is 5.82. The second-order valence-electron chi connectivity index (χ2n) is 4.94. The number of hydrogen-bond acceptors (Lipinski definition) is 4. The molecule has 0 amide bonds. The van der Waals surface area contributed by atoms with Crippen molar-refractivity contribution in [2.24, 2.45) is 11.8 Å². The summed E-state index contributed by atoms with van der Waals surface area (Å²) in [4.78, 5) is 8.09. The minimum absolute atomic E-state index is 0.275. The first-order chi connectivity index (χ1) is 7.63. The van der Waals surface area contributed by atoms with Crippen LogP contribution in [0.3, 0.4) is 0 Å². The SMILES string of the molecule is CC1CC(C)CC(Oc2cnc(N)cn2)C1. The third kappa shape index (κ3) is 2.84. The van der Waals surface area contributed by atoms with Crippen LogP contribution in [0.1, 0.15) is 33.1 Å². The molecule has 2 N–H and O–H groups in total. The molecular formula is C12H19N3O. The average molecular weight is 221 g/mol. The van der Waals surface area contributed by atoms with Gasteiger partial charge in [0.25, 0.3) is 0 Å². The Hall–Kier alpha value is -1.32. The van der Waals surface area contributed by atoms with E-state index in [9.17, 15) is 0 Å². The Morgan fingerprint density at radius 3 is 2.38 bits per heavy atom. The van der Waals surface area contributed by atoms with Crippen molar-refractivity contribution < 1.29 is 4.74 Å². The zero-order chi connectivity index (χ0) is 11.5. The van der Waals surface area contributed by atoms with Gasteiger partial charge in [-0.05, 0) is 31.1 Å². The van der Waals surface area contributed by atoms with Gasteiger partial charge in [0.15, 0.2) is 0 Å². The van der Waals surface area contributed by atoms with Gasteiger partial charge in [-0.15, -0.1) is 0 Å². The van der Waals surface area contributed by atoms with Crippen molar-refractivity contribution in [3.05, 3.63) is 12.4 Å². The van der Waals surface area contributed by atoms with Crippen LogP contribution >= 0.6 is 0 Å². The molecule has 0 spiro atoms. The molecule has 0 radical (unpaired) electrons. The van der Waals surface area contributed by atoms with Gasteiger partial charge in [0.05, 0.1) is 12.4 Å². The number of ether oxygens (including phenoxy) is 1. The molecule has 1 aliphatic carbocycles. The normalized spacial score (nSPS) is 30.0. The number of aromatic nitrogens is 2. The molecule has 0 bridgehead atoms. The monoisotopic (exact) mass is 221 g/mol. The first-order valence-electron chi connectivity index (χ1n) is 5.87. The Bertz CT molecular complexity index is 329. The second-order valence-corrected chi connectivity index (χ2v) is 4.94. The molecule has 1 fully saturated rings. The van der Waals surface area contributed by atoms with Crippen LogP contribution in [0.15, 0.2) is 12.4 Å². The summed E-state index contributed by atoms with van der Waals surface area (Å²) in [6.45, 7) is 4.56. The van der Waals surface area contributed by atoms with E-state index in [-0.39, 0.29) is 6.10 Å². The number of anilines is 1. The summed E-state index contributed by atoms with van der Waals surface area (Å²) in [5.74, 6) is 2.48. The molecule has 0 aliphatic heterocycles. The van der Waals surface area contributed by atoms with Crippen LogP contribution in [0.25, 0.3) is 0 Å². The van der Waals surface area contributed by atoms with Crippen LogP contribution in [0.5, 0.6) is 5.88 Å². The highest BCUT2D eigenvalue weighted by molar-refractivity contribution is 5.24. The molecular weight excluding hydrogens is 202 g/mol. The predicted molar refractivity (Wildman–Crippen MR) is 63.0 cm³/mol. The molecule has 1 saturated carbocycles. The minimum atomic E-state index is 0.275. The fourth-order valence-electron chi connectivity index (χ4n) is 2.53. The molecule has 4 nitrogen and oxygen atoms in total. The highest BCUT2D eigenvalue weighted by atomic mass is 16.5. The van der Waals surface area contributed by atoms with Gasteiger partial charge in [-0.2, -0.15) is 0 Å². The van der Waals surface area contributed by atoms with Gasteiger partial charge in [-0.1, -0.05) is 13.8 Å². The fraction of sp³-hybridized carbons (Fsp3) is 0.667. The van der Waals surface area contributed by atoms with Crippen molar-refractivity contribution in [1.29, 1.82) is 0 Å². The molecule has 1 heterocycles. The Balaban J connectivity index is 1.96. The summed E-state index contributed by atoms with van der Waals surface area (Å²) >= 11 is 0. The highest BCUT2D eigenvalue weighted by Gasteiger charge is 2.25. The molecule has 2 unspecified atom stereocenters. The summed E-state index contributed by atoms with van der Waals surface area (Å²) in [7, 11) is 0. The van der Waals surface area contributed by atoms with E-state index >= 15 is 0 Å². The molecule has 0 saturated heterocycles. The van der Waals surface area contributed by atoms with Gasteiger partial charge >= 0.3 is 0 Å². The maximum Gasteiger partial charge on any atom is 0.232 e. The smallest absolute Gasteiger partial charge is 0.232 e. The number of nitrogens with two attached hydrogens (primary N) is 1. The van der Waals surface area contributed by atoms with Crippen LogP contribution in [-0.2, 0) is 0 Å². The number of rotatable bonds is 2. The minimum Gasteiger partial charge on any atom is -0.473 e. The van der Waals surface area contributed by atoms with Gasteiger partial charge in [0.1, 0.15) is 11.9 Å². The van der Waals surface area contributed by atoms with Crippen LogP contribution in [0, 0.1) is 11.8 Å². The summed E-state index contributed by atoms with van der Waals surface area (Å²) in [5.41, 5.74) is 5.47. The van der Waals surface area contributed by atoms with E-state index in [0.29, 0.717) is 11.7 Å². The topological polar surface area (TPSA) is 61.0 Å². The quantitative estimate of drug-likeness (QED) is 0.832. The summed E-state index contributed by atoms with van der Waals surface area (Å²) in [6, 6.07) is 0. The van der Waals surface area contributed by atoms with Crippen molar-refractivity contribution in [1.82, 2.24) is 9.97 Å². The Labute approximate surface area is 96.2 Å². The van der Waals surface area contributed by atoms with E-state index < -0.39 is 0 Å². The van der Waals surface area contributed by atoms with Crippen LogP contribution in [0.2, 0.25) is 0 Å². The Kier molecular flexibility index (Phi) is 3.27. The zero-order valence-corrected chi connectivity index (χ0v) is 9.89. The third-order valence-corrected chi connectivity index (χ3v) is 3.07. The van der Waals surface area contributed by atoms with Crippen molar-refractivity contribution in [3.63, 3.8) is 0 Å². The molecule has 2 atom stereocenters. The van der Waals surface area contributed by atoms with Gasteiger partial charge in [0.2, 0.25) is 5.88 Å². The highest BCUT2D eigenvalue weighted by Crippen LogP contribution is 2.30. The molecule has 16 heavy (non-hydrogen) atoms. The second kappa shape index (κ2) is 4.68. The lowest BCUT2D eigenvalue weighted by Gasteiger charge is -2.31. The number of nitrogen functional groups attached to an aromatic ring is 1. The fourth-order valence-corrected chi connectivity index (χ4v) is 2.53. The van der Waals surface area contributed by atoms with E-state index in [1.807, 2.05) is 0 Å². The molecule has 1 aliphatic rings. The van der Waals surface area contributed by atoms with Gasteiger partial charge in [0, 0.05) is 0 Å². The first-order valence-corrected chi connectivity index (χ1v) is 5.87. The van der Waals surface area contributed by atoms with Crippen LogP contribution < -0.4 is 10.5 Å². The Morgan fingerprint density at radius 2 is 1.81 bits per heavy atom. The molecule has 88 valence electrons. The largest absolute Gasteiger partial charge is 0.473 e.